The van der Waals surface area contributed by atoms with E-state index in [1.54, 1.807) is 0 Å². The number of aryl methyl sites for hydroxylation is 1. The van der Waals surface area contributed by atoms with E-state index in [4.69, 9.17) is 4.74 Å². The Morgan fingerprint density at radius 1 is 1.22 bits per heavy atom. The van der Waals surface area contributed by atoms with E-state index < -0.39 is 0 Å². The van der Waals surface area contributed by atoms with Gasteiger partial charge < -0.3 is 4.74 Å². The van der Waals surface area contributed by atoms with E-state index in [1.165, 1.54) is 16.5 Å². The molecule has 1 aliphatic heterocycles. The van der Waals surface area contributed by atoms with E-state index in [9.17, 15) is 0 Å². The number of fused-ring (bicyclic) bond motifs is 1. The summed E-state index contributed by atoms with van der Waals surface area (Å²) in [4.78, 5) is 2.44. The molecule has 0 spiro atoms. The first kappa shape index (κ1) is 11.7. The minimum absolute atomic E-state index is 0.860. The molecule has 96 valence electrons. The molecule has 1 aliphatic rings. The van der Waals surface area contributed by atoms with E-state index in [2.05, 4.69) is 39.8 Å². The molecule has 1 aromatic carbocycles. The summed E-state index contributed by atoms with van der Waals surface area (Å²) < 4.78 is 7.47. The average Bonchev–Trinajstić information content (AvgIpc) is 2.80. The molecule has 4 nitrogen and oxygen atoms in total. The molecule has 0 atom stereocenters. The van der Waals surface area contributed by atoms with Crippen molar-refractivity contribution in [2.75, 3.05) is 32.8 Å². The van der Waals surface area contributed by atoms with Crippen LogP contribution in [-0.2, 0) is 11.3 Å². The second-order valence-corrected chi connectivity index (χ2v) is 4.88. The maximum absolute atomic E-state index is 5.36. The Morgan fingerprint density at radius 3 is 2.89 bits per heavy atom. The summed E-state index contributed by atoms with van der Waals surface area (Å²) in [5, 5.41) is 5.70. The first-order valence-corrected chi connectivity index (χ1v) is 6.55. The van der Waals surface area contributed by atoms with Gasteiger partial charge in [0.1, 0.15) is 0 Å². The van der Waals surface area contributed by atoms with Gasteiger partial charge in [0.2, 0.25) is 0 Å². The Morgan fingerprint density at radius 2 is 2.06 bits per heavy atom. The van der Waals surface area contributed by atoms with Gasteiger partial charge in [-0.05, 0) is 18.6 Å². The Kier molecular flexibility index (Phi) is 3.30. The highest BCUT2D eigenvalue weighted by Gasteiger charge is 2.10. The van der Waals surface area contributed by atoms with Crippen molar-refractivity contribution >= 4 is 10.9 Å². The third kappa shape index (κ3) is 2.40. The molecule has 1 aromatic heterocycles. The topological polar surface area (TPSA) is 30.3 Å². The second kappa shape index (κ2) is 5.08. The predicted molar refractivity (Wildman–Crippen MR) is 71.7 cm³/mol. The minimum Gasteiger partial charge on any atom is -0.379 e. The van der Waals surface area contributed by atoms with Gasteiger partial charge in [0, 0.05) is 25.0 Å². The Bertz CT molecular complexity index is 529. The standard InChI is InChI=1S/C14H19N3O/c1-12-2-3-13-11-15-17(14(13)10-12)5-4-16-6-8-18-9-7-16/h2-3,10-11H,4-9H2,1H3. The number of rotatable bonds is 3. The number of benzene rings is 1. The molecular weight excluding hydrogens is 226 g/mol. The van der Waals surface area contributed by atoms with Crippen LogP contribution in [-0.4, -0.2) is 47.5 Å². The van der Waals surface area contributed by atoms with E-state index in [0.717, 1.165) is 39.4 Å². The van der Waals surface area contributed by atoms with E-state index >= 15 is 0 Å². The zero-order valence-electron chi connectivity index (χ0n) is 10.8. The maximum Gasteiger partial charge on any atom is 0.0685 e. The van der Waals surface area contributed by atoms with Crippen molar-refractivity contribution in [3.8, 4) is 0 Å². The first-order chi connectivity index (χ1) is 8.83. The van der Waals surface area contributed by atoms with Crippen molar-refractivity contribution in [2.24, 2.45) is 0 Å². The van der Waals surface area contributed by atoms with Crippen molar-refractivity contribution < 1.29 is 4.74 Å². The Hall–Kier alpha value is -1.39. The highest BCUT2D eigenvalue weighted by atomic mass is 16.5. The molecule has 2 aromatic rings. The molecule has 3 rings (SSSR count). The van der Waals surface area contributed by atoms with Gasteiger partial charge in [0.15, 0.2) is 0 Å². The fraction of sp³-hybridized carbons (Fsp3) is 0.500. The van der Waals surface area contributed by atoms with Gasteiger partial charge in [-0.2, -0.15) is 5.10 Å². The number of ether oxygens (including phenoxy) is 1. The van der Waals surface area contributed by atoms with Crippen LogP contribution in [0.5, 0.6) is 0 Å². The van der Waals surface area contributed by atoms with Gasteiger partial charge in [-0.3, -0.25) is 9.58 Å². The third-order valence-electron chi connectivity index (χ3n) is 3.53. The lowest BCUT2D eigenvalue weighted by atomic mass is 10.2. The summed E-state index contributed by atoms with van der Waals surface area (Å²) in [7, 11) is 0. The van der Waals surface area contributed by atoms with Crippen LogP contribution >= 0.6 is 0 Å². The maximum atomic E-state index is 5.36. The summed E-state index contributed by atoms with van der Waals surface area (Å²) in [6, 6.07) is 6.49. The smallest absolute Gasteiger partial charge is 0.0685 e. The molecule has 1 saturated heterocycles. The zero-order chi connectivity index (χ0) is 12.4. The van der Waals surface area contributed by atoms with Gasteiger partial charge in [-0.25, -0.2) is 0 Å². The summed E-state index contributed by atoms with van der Waals surface area (Å²) in [5.74, 6) is 0. The summed E-state index contributed by atoms with van der Waals surface area (Å²) in [6.45, 7) is 7.92. The van der Waals surface area contributed by atoms with Crippen LogP contribution in [0.2, 0.25) is 0 Å². The van der Waals surface area contributed by atoms with Crippen LogP contribution in [0.25, 0.3) is 10.9 Å². The molecule has 4 heteroatoms. The SMILES string of the molecule is Cc1ccc2cnn(CCN3CCOCC3)c2c1. The van der Waals surface area contributed by atoms with Crippen LogP contribution in [0.4, 0.5) is 0 Å². The van der Waals surface area contributed by atoms with Crippen molar-refractivity contribution in [3.63, 3.8) is 0 Å². The molecule has 0 N–H and O–H groups in total. The quantitative estimate of drug-likeness (QED) is 0.824. The van der Waals surface area contributed by atoms with Gasteiger partial charge >= 0.3 is 0 Å². The van der Waals surface area contributed by atoms with Crippen LogP contribution in [0.15, 0.2) is 24.4 Å². The number of aromatic nitrogens is 2. The summed E-state index contributed by atoms with van der Waals surface area (Å²) in [5.41, 5.74) is 2.53. The fourth-order valence-corrected chi connectivity index (χ4v) is 2.42. The van der Waals surface area contributed by atoms with Gasteiger partial charge in [0.25, 0.3) is 0 Å². The third-order valence-corrected chi connectivity index (χ3v) is 3.53. The molecule has 0 aliphatic carbocycles. The lowest BCUT2D eigenvalue weighted by Crippen LogP contribution is -2.38. The second-order valence-electron chi connectivity index (χ2n) is 4.88. The van der Waals surface area contributed by atoms with Crippen LogP contribution < -0.4 is 0 Å². The highest BCUT2D eigenvalue weighted by Crippen LogP contribution is 2.15. The molecule has 0 amide bonds. The lowest BCUT2D eigenvalue weighted by molar-refractivity contribution is 0.0361. The molecule has 2 heterocycles. The van der Waals surface area contributed by atoms with Crippen molar-refractivity contribution in [1.29, 1.82) is 0 Å². The highest BCUT2D eigenvalue weighted by molar-refractivity contribution is 5.79. The zero-order valence-corrected chi connectivity index (χ0v) is 10.8. The molecule has 18 heavy (non-hydrogen) atoms. The number of morpholine rings is 1. The summed E-state index contributed by atoms with van der Waals surface area (Å²) in [6.07, 6.45) is 1.95. The van der Waals surface area contributed by atoms with Gasteiger partial charge in [0.05, 0.1) is 31.5 Å². The normalized spacial score (nSPS) is 17.4. The van der Waals surface area contributed by atoms with Crippen molar-refractivity contribution in [3.05, 3.63) is 30.0 Å². The van der Waals surface area contributed by atoms with Crippen molar-refractivity contribution in [2.45, 2.75) is 13.5 Å². The average molecular weight is 245 g/mol. The molecule has 0 unspecified atom stereocenters. The molecule has 0 radical (unpaired) electrons. The molecule has 0 bridgehead atoms. The predicted octanol–water partition coefficient (Wildman–Crippen LogP) is 1.68. The number of hydrogen-bond donors (Lipinski definition) is 0. The van der Waals surface area contributed by atoms with E-state index in [-0.39, 0.29) is 0 Å². The largest absolute Gasteiger partial charge is 0.379 e. The number of nitrogens with zero attached hydrogens (tertiary/aromatic N) is 3. The van der Waals surface area contributed by atoms with Crippen molar-refractivity contribution in [1.82, 2.24) is 14.7 Å². The Balaban J connectivity index is 1.72. The van der Waals surface area contributed by atoms with Crippen LogP contribution in [0.3, 0.4) is 0 Å². The van der Waals surface area contributed by atoms with E-state index in [0.29, 0.717) is 0 Å². The first-order valence-electron chi connectivity index (χ1n) is 6.55. The lowest BCUT2D eigenvalue weighted by Gasteiger charge is -2.26. The monoisotopic (exact) mass is 245 g/mol. The summed E-state index contributed by atoms with van der Waals surface area (Å²) >= 11 is 0. The molecular formula is C14H19N3O. The fourth-order valence-electron chi connectivity index (χ4n) is 2.42. The van der Waals surface area contributed by atoms with E-state index in [1.807, 2.05) is 6.20 Å². The molecule has 0 saturated carbocycles. The Labute approximate surface area is 107 Å². The molecule has 1 fully saturated rings. The van der Waals surface area contributed by atoms with Crippen LogP contribution in [0, 0.1) is 6.92 Å². The minimum atomic E-state index is 0.860. The number of hydrogen-bond acceptors (Lipinski definition) is 3. The van der Waals surface area contributed by atoms with Gasteiger partial charge in [-0.15, -0.1) is 0 Å². The van der Waals surface area contributed by atoms with Crippen LogP contribution in [0.1, 0.15) is 5.56 Å². The van der Waals surface area contributed by atoms with Gasteiger partial charge in [-0.1, -0.05) is 12.1 Å².